The van der Waals surface area contributed by atoms with Gasteiger partial charge in [-0.3, -0.25) is 4.79 Å². The Morgan fingerprint density at radius 2 is 2.06 bits per heavy atom. The highest BCUT2D eigenvalue weighted by molar-refractivity contribution is 7.90. The van der Waals surface area contributed by atoms with Crippen LogP contribution in [0.1, 0.15) is 26.2 Å². The van der Waals surface area contributed by atoms with Crippen molar-refractivity contribution in [3.8, 4) is 0 Å². The van der Waals surface area contributed by atoms with Crippen LogP contribution in [-0.4, -0.2) is 45.0 Å². The van der Waals surface area contributed by atoms with E-state index >= 15 is 0 Å². The minimum Gasteiger partial charge on any atom is -0.353 e. The summed E-state index contributed by atoms with van der Waals surface area (Å²) >= 11 is 0. The predicted octanol–water partition coefficient (Wildman–Crippen LogP) is -0.322. The van der Waals surface area contributed by atoms with Crippen LogP contribution in [0.5, 0.6) is 0 Å². The Morgan fingerprint density at radius 1 is 1.44 bits per heavy atom. The number of rotatable bonds is 7. The summed E-state index contributed by atoms with van der Waals surface area (Å²) in [6.45, 7) is 2.33. The molecule has 1 rings (SSSR count). The Hall–Kier alpha value is -0.620. The van der Waals surface area contributed by atoms with Gasteiger partial charge in [-0.2, -0.15) is 0 Å². The van der Waals surface area contributed by atoms with Crippen LogP contribution < -0.4 is 10.6 Å². The van der Waals surface area contributed by atoms with E-state index in [0.29, 0.717) is 19.0 Å². The molecule has 1 aliphatic rings. The van der Waals surface area contributed by atoms with Crippen molar-refractivity contribution in [2.24, 2.45) is 0 Å². The van der Waals surface area contributed by atoms with E-state index in [1.165, 1.54) is 6.26 Å². The number of hydrogen-bond donors (Lipinski definition) is 2. The first-order valence-corrected chi connectivity index (χ1v) is 7.63. The lowest BCUT2D eigenvalue weighted by molar-refractivity contribution is -0.121. The zero-order valence-corrected chi connectivity index (χ0v) is 10.6. The van der Waals surface area contributed by atoms with E-state index < -0.39 is 9.84 Å². The Balaban J connectivity index is 2.07. The first-order valence-electron chi connectivity index (χ1n) is 5.57. The lowest BCUT2D eigenvalue weighted by Crippen LogP contribution is -2.36. The van der Waals surface area contributed by atoms with Crippen molar-refractivity contribution in [3.63, 3.8) is 0 Å². The summed E-state index contributed by atoms with van der Waals surface area (Å²) in [5, 5.41) is 5.90. The lowest BCUT2D eigenvalue weighted by atomic mass is 10.3. The molecule has 1 unspecified atom stereocenters. The molecule has 1 saturated carbocycles. The van der Waals surface area contributed by atoms with Crippen molar-refractivity contribution in [1.82, 2.24) is 10.6 Å². The van der Waals surface area contributed by atoms with Crippen LogP contribution in [0.3, 0.4) is 0 Å². The fourth-order valence-corrected chi connectivity index (χ4v) is 2.50. The van der Waals surface area contributed by atoms with Crippen molar-refractivity contribution >= 4 is 15.7 Å². The van der Waals surface area contributed by atoms with Gasteiger partial charge in [-0.15, -0.1) is 0 Å². The summed E-state index contributed by atoms with van der Waals surface area (Å²) in [6, 6.07) is 0.282. The van der Waals surface area contributed by atoms with E-state index in [0.717, 1.165) is 12.8 Å². The van der Waals surface area contributed by atoms with E-state index in [9.17, 15) is 13.2 Å². The van der Waals surface area contributed by atoms with E-state index in [4.69, 9.17) is 0 Å². The third-order valence-corrected chi connectivity index (χ3v) is 3.45. The van der Waals surface area contributed by atoms with E-state index in [1.807, 2.05) is 0 Å². The summed E-state index contributed by atoms with van der Waals surface area (Å²) in [6.07, 6.45) is 3.79. The Labute approximate surface area is 96.9 Å². The SMILES string of the molecule is CC(CS(C)(=O)=O)NCCC(=O)NC1CC1. The van der Waals surface area contributed by atoms with E-state index in [-0.39, 0.29) is 17.7 Å². The van der Waals surface area contributed by atoms with Crippen molar-refractivity contribution < 1.29 is 13.2 Å². The molecule has 0 heterocycles. The Kier molecular flexibility index (Phi) is 4.73. The van der Waals surface area contributed by atoms with Gasteiger partial charge < -0.3 is 10.6 Å². The normalized spacial score (nSPS) is 18.1. The molecule has 0 radical (unpaired) electrons. The molecule has 6 heteroatoms. The Morgan fingerprint density at radius 3 is 2.56 bits per heavy atom. The number of sulfone groups is 1. The zero-order valence-electron chi connectivity index (χ0n) is 9.82. The van der Waals surface area contributed by atoms with Crippen molar-refractivity contribution in [3.05, 3.63) is 0 Å². The molecule has 1 amide bonds. The third kappa shape index (κ3) is 6.79. The van der Waals surface area contributed by atoms with Gasteiger partial charge in [0.25, 0.3) is 0 Å². The molecule has 0 bridgehead atoms. The minimum atomic E-state index is -2.95. The third-order valence-electron chi connectivity index (χ3n) is 2.34. The monoisotopic (exact) mass is 248 g/mol. The number of hydrogen-bond acceptors (Lipinski definition) is 4. The molecular weight excluding hydrogens is 228 g/mol. The molecule has 16 heavy (non-hydrogen) atoms. The molecule has 0 aromatic heterocycles. The molecule has 2 N–H and O–H groups in total. The highest BCUT2D eigenvalue weighted by Crippen LogP contribution is 2.18. The molecule has 1 atom stereocenters. The molecular formula is C10H20N2O3S. The smallest absolute Gasteiger partial charge is 0.221 e. The van der Waals surface area contributed by atoms with Gasteiger partial charge in [0.2, 0.25) is 5.91 Å². The Bertz CT molecular complexity index is 336. The van der Waals surface area contributed by atoms with Crippen LogP contribution in [0, 0.1) is 0 Å². The maximum absolute atomic E-state index is 11.3. The van der Waals surface area contributed by atoms with Crippen LogP contribution in [0.25, 0.3) is 0 Å². The summed E-state index contributed by atoms with van der Waals surface area (Å²) in [7, 11) is -2.95. The zero-order chi connectivity index (χ0) is 12.2. The van der Waals surface area contributed by atoms with Crippen LogP contribution >= 0.6 is 0 Å². The maximum atomic E-state index is 11.3. The molecule has 5 nitrogen and oxygen atoms in total. The van der Waals surface area contributed by atoms with Gasteiger partial charge in [-0.25, -0.2) is 8.42 Å². The average molecular weight is 248 g/mol. The molecule has 0 aromatic rings. The predicted molar refractivity (Wildman–Crippen MR) is 63.0 cm³/mol. The lowest BCUT2D eigenvalue weighted by Gasteiger charge is -2.12. The highest BCUT2D eigenvalue weighted by Gasteiger charge is 2.22. The van der Waals surface area contributed by atoms with Gasteiger partial charge in [0.15, 0.2) is 0 Å². The molecule has 0 aliphatic heterocycles. The maximum Gasteiger partial charge on any atom is 0.221 e. The van der Waals surface area contributed by atoms with E-state index in [1.54, 1.807) is 6.92 Å². The molecule has 0 saturated heterocycles. The number of carbonyl (C=O) groups excluding carboxylic acids is 1. The summed E-state index contributed by atoms with van der Waals surface area (Å²) in [5.74, 6) is 0.151. The van der Waals surface area contributed by atoms with Gasteiger partial charge in [0.05, 0.1) is 5.75 Å². The van der Waals surface area contributed by atoms with Crippen molar-refractivity contribution in [2.75, 3.05) is 18.6 Å². The van der Waals surface area contributed by atoms with Crippen LogP contribution in [0.2, 0.25) is 0 Å². The second kappa shape index (κ2) is 5.63. The average Bonchev–Trinajstić information content (AvgIpc) is 2.84. The van der Waals surface area contributed by atoms with Crippen molar-refractivity contribution in [2.45, 2.75) is 38.3 Å². The second-order valence-corrected chi connectivity index (χ2v) is 6.72. The standard InChI is InChI=1S/C10H20N2O3S/c1-8(7-16(2,14)15)11-6-5-10(13)12-9-3-4-9/h8-9,11H,3-7H2,1-2H3,(H,12,13). The molecule has 1 aliphatic carbocycles. The van der Waals surface area contributed by atoms with Gasteiger partial charge in [0, 0.05) is 31.3 Å². The largest absolute Gasteiger partial charge is 0.353 e. The van der Waals surface area contributed by atoms with Crippen LogP contribution in [0.15, 0.2) is 0 Å². The highest BCUT2D eigenvalue weighted by atomic mass is 32.2. The summed E-state index contributed by atoms with van der Waals surface area (Å²) in [4.78, 5) is 11.3. The van der Waals surface area contributed by atoms with Gasteiger partial charge in [-0.1, -0.05) is 0 Å². The first-order chi connectivity index (χ1) is 7.37. The summed E-state index contributed by atoms with van der Waals surface area (Å²) < 4.78 is 21.9. The van der Waals surface area contributed by atoms with Gasteiger partial charge in [0.1, 0.15) is 9.84 Å². The van der Waals surface area contributed by atoms with Crippen LogP contribution in [0.4, 0.5) is 0 Å². The quantitative estimate of drug-likeness (QED) is 0.647. The van der Waals surface area contributed by atoms with Crippen LogP contribution in [-0.2, 0) is 14.6 Å². The minimum absolute atomic E-state index is 0.0431. The number of carbonyl (C=O) groups is 1. The number of nitrogens with one attached hydrogen (secondary N) is 2. The fourth-order valence-electron chi connectivity index (χ4n) is 1.47. The van der Waals surface area contributed by atoms with Crippen molar-refractivity contribution in [1.29, 1.82) is 0 Å². The van der Waals surface area contributed by atoms with E-state index in [2.05, 4.69) is 10.6 Å². The number of amides is 1. The molecule has 0 aromatic carbocycles. The first kappa shape index (κ1) is 13.4. The summed E-state index contributed by atoms with van der Waals surface area (Å²) in [5.41, 5.74) is 0. The fraction of sp³-hybridized carbons (Fsp3) is 0.900. The van der Waals surface area contributed by atoms with Gasteiger partial charge in [-0.05, 0) is 19.8 Å². The topological polar surface area (TPSA) is 75.3 Å². The molecule has 1 fully saturated rings. The van der Waals surface area contributed by atoms with Gasteiger partial charge >= 0.3 is 0 Å². The molecule has 94 valence electrons. The second-order valence-electron chi connectivity index (χ2n) is 4.54. The molecule has 0 spiro atoms.